The van der Waals surface area contributed by atoms with E-state index < -0.39 is 5.38 Å². The Hall–Kier alpha value is -0.240. The molecule has 2 fully saturated rings. The topological polar surface area (TPSA) is 26.3 Å². The molecule has 0 amide bonds. The molecule has 2 rings (SSSR count). The molecule has 0 spiro atoms. The van der Waals surface area contributed by atoms with Crippen molar-refractivity contribution in [1.82, 2.24) is 0 Å². The van der Waals surface area contributed by atoms with Crippen LogP contribution in [0, 0.1) is 5.92 Å². The second-order valence-electron chi connectivity index (χ2n) is 4.63. The molecule has 14 heavy (non-hydrogen) atoms. The van der Waals surface area contributed by atoms with Gasteiger partial charge in [0.15, 0.2) is 0 Å². The molecular formula is C11H17ClO2. The van der Waals surface area contributed by atoms with E-state index in [1.807, 2.05) is 6.92 Å². The lowest BCUT2D eigenvalue weighted by atomic mass is 9.97. The molecule has 0 aromatic carbocycles. The minimum Gasteiger partial charge on any atom is -0.458 e. The molecule has 80 valence electrons. The van der Waals surface area contributed by atoms with E-state index in [1.165, 1.54) is 12.8 Å². The molecule has 0 aromatic rings. The first-order valence-electron chi connectivity index (χ1n) is 5.52. The molecule has 0 N–H and O–H groups in total. The minimum atomic E-state index is -0.455. The highest BCUT2D eigenvalue weighted by Gasteiger charge is 2.48. The Morgan fingerprint density at radius 3 is 2.64 bits per heavy atom. The van der Waals surface area contributed by atoms with Crippen molar-refractivity contribution in [3.8, 4) is 0 Å². The fourth-order valence-electron chi connectivity index (χ4n) is 2.73. The number of alkyl halides is 1. The van der Waals surface area contributed by atoms with Crippen LogP contribution in [-0.4, -0.2) is 16.9 Å². The van der Waals surface area contributed by atoms with Crippen LogP contribution in [0.5, 0.6) is 0 Å². The van der Waals surface area contributed by atoms with E-state index in [0.29, 0.717) is 6.42 Å². The highest BCUT2D eigenvalue weighted by Crippen LogP contribution is 2.50. The van der Waals surface area contributed by atoms with Crippen molar-refractivity contribution in [2.75, 3.05) is 0 Å². The van der Waals surface area contributed by atoms with Gasteiger partial charge in [0.1, 0.15) is 11.0 Å². The molecule has 0 radical (unpaired) electrons. The lowest BCUT2D eigenvalue weighted by molar-refractivity contribution is -0.158. The first-order valence-corrected chi connectivity index (χ1v) is 5.96. The summed E-state index contributed by atoms with van der Waals surface area (Å²) in [6.07, 6.45) is 6.29. The highest BCUT2D eigenvalue weighted by molar-refractivity contribution is 6.29. The number of carbonyl (C=O) groups excluding carboxylic acids is 1. The van der Waals surface area contributed by atoms with E-state index in [2.05, 4.69) is 0 Å². The van der Waals surface area contributed by atoms with E-state index >= 15 is 0 Å². The fraction of sp³-hybridized carbons (Fsp3) is 0.909. The number of rotatable bonds is 3. The lowest BCUT2D eigenvalue weighted by Crippen LogP contribution is -2.33. The molecule has 1 unspecified atom stereocenters. The maximum absolute atomic E-state index is 11.6. The van der Waals surface area contributed by atoms with E-state index in [-0.39, 0.29) is 11.6 Å². The third-order valence-corrected chi connectivity index (χ3v) is 4.10. The van der Waals surface area contributed by atoms with Crippen molar-refractivity contribution in [3.63, 3.8) is 0 Å². The molecule has 3 heteroatoms. The van der Waals surface area contributed by atoms with Crippen LogP contribution in [0.3, 0.4) is 0 Å². The van der Waals surface area contributed by atoms with E-state index in [1.54, 1.807) is 0 Å². The highest BCUT2D eigenvalue weighted by atomic mass is 35.5. The fourth-order valence-corrected chi connectivity index (χ4v) is 2.77. The molecule has 2 saturated carbocycles. The van der Waals surface area contributed by atoms with Crippen LogP contribution in [0.15, 0.2) is 0 Å². The number of hydrogen-bond acceptors (Lipinski definition) is 2. The van der Waals surface area contributed by atoms with Gasteiger partial charge in [-0.3, -0.25) is 4.79 Å². The summed E-state index contributed by atoms with van der Waals surface area (Å²) in [5.74, 6) is 0.593. The van der Waals surface area contributed by atoms with Gasteiger partial charge in [0.05, 0.1) is 0 Å². The quantitative estimate of drug-likeness (QED) is 0.536. The zero-order valence-electron chi connectivity index (χ0n) is 8.59. The molecule has 0 aliphatic heterocycles. The van der Waals surface area contributed by atoms with Crippen LogP contribution in [0.1, 0.15) is 45.4 Å². The third kappa shape index (κ3) is 1.77. The lowest BCUT2D eigenvalue weighted by Gasteiger charge is -2.27. The van der Waals surface area contributed by atoms with E-state index in [9.17, 15) is 4.79 Å². The molecule has 0 aromatic heterocycles. The number of ether oxygens (including phenoxy) is 1. The van der Waals surface area contributed by atoms with Crippen molar-refractivity contribution >= 4 is 17.6 Å². The van der Waals surface area contributed by atoms with Crippen LogP contribution in [0.25, 0.3) is 0 Å². The first-order chi connectivity index (χ1) is 6.65. The Balaban J connectivity index is 1.93. The van der Waals surface area contributed by atoms with Crippen molar-refractivity contribution < 1.29 is 9.53 Å². The molecule has 0 saturated heterocycles. The Morgan fingerprint density at radius 1 is 1.57 bits per heavy atom. The van der Waals surface area contributed by atoms with Gasteiger partial charge in [-0.2, -0.15) is 0 Å². The Labute approximate surface area is 90.0 Å². The van der Waals surface area contributed by atoms with Gasteiger partial charge in [0, 0.05) is 0 Å². The Bertz CT molecular complexity index is 231. The van der Waals surface area contributed by atoms with Crippen LogP contribution in [-0.2, 0) is 9.53 Å². The summed E-state index contributed by atoms with van der Waals surface area (Å²) in [6.45, 7) is 1.91. The summed E-state index contributed by atoms with van der Waals surface area (Å²) < 4.78 is 5.57. The number of esters is 1. The predicted molar refractivity (Wildman–Crippen MR) is 55.3 cm³/mol. The summed E-state index contributed by atoms with van der Waals surface area (Å²) >= 11 is 5.85. The molecule has 1 atom stereocenters. The average Bonchev–Trinajstić information content (AvgIpc) is 2.75. The Kier molecular flexibility index (Phi) is 2.74. The monoisotopic (exact) mass is 216 g/mol. The number of halogens is 1. The normalized spacial score (nSPS) is 37.1. The second-order valence-corrected chi connectivity index (χ2v) is 5.15. The number of carbonyl (C=O) groups is 1. The van der Waals surface area contributed by atoms with Crippen molar-refractivity contribution in [3.05, 3.63) is 0 Å². The first kappa shape index (κ1) is 10.3. The van der Waals surface area contributed by atoms with Gasteiger partial charge in [0.2, 0.25) is 0 Å². The Morgan fingerprint density at radius 2 is 2.21 bits per heavy atom. The minimum absolute atomic E-state index is 0.121. The van der Waals surface area contributed by atoms with Gasteiger partial charge < -0.3 is 4.74 Å². The molecule has 2 bridgehead atoms. The molecule has 2 aliphatic carbocycles. The predicted octanol–water partition coefficient (Wildman–Crippen LogP) is 2.88. The zero-order valence-corrected chi connectivity index (χ0v) is 9.35. The van der Waals surface area contributed by atoms with E-state index in [4.69, 9.17) is 16.3 Å². The summed E-state index contributed by atoms with van der Waals surface area (Å²) in [7, 11) is 0. The zero-order chi connectivity index (χ0) is 10.2. The van der Waals surface area contributed by atoms with Gasteiger partial charge in [-0.15, -0.1) is 11.6 Å². The molecule has 2 nitrogen and oxygen atoms in total. The summed E-state index contributed by atoms with van der Waals surface area (Å²) in [5, 5.41) is -0.455. The van der Waals surface area contributed by atoms with Crippen LogP contribution in [0.4, 0.5) is 0 Å². The van der Waals surface area contributed by atoms with Crippen molar-refractivity contribution in [2.45, 2.75) is 56.4 Å². The molecule has 0 heterocycles. The second kappa shape index (κ2) is 3.73. The number of fused-ring (bicyclic) bond motifs is 2. The van der Waals surface area contributed by atoms with Gasteiger partial charge in [0.25, 0.3) is 0 Å². The standard InChI is InChI=1S/C11H17ClO2/c1-2-9(12)10(13)14-11-5-3-8(7-11)4-6-11/h8-9H,2-7H2,1H3. The number of hydrogen-bond donors (Lipinski definition) is 0. The van der Waals surface area contributed by atoms with Crippen LogP contribution in [0.2, 0.25) is 0 Å². The summed E-state index contributed by atoms with van der Waals surface area (Å²) in [6, 6.07) is 0. The summed E-state index contributed by atoms with van der Waals surface area (Å²) in [4.78, 5) is 11.6. The van der Waals surface area contributed by atoms with Gasteiger partial charge in [-0.25, -0.2) is 0 Å². The van der Waals surface area contributed by atoms with Crippen molar-refractivity contribution in [1.29, 1.82) is 0 Å². The molecule has 2 aliphatic rings. The summed E-state index contributed by atoms with van der Waals surface area (Å²) in [5.41, 5.74) is -0.121. The maximum Gasteiger partial charge on any atom is 0.324 e. The van der Waals surface area contributed by atoms with Gasteiger partial charge in [-0.1, -0.05) is 6.92 Å². The average molecular weight is 217 g/mol. The van der Waals surface area contributed by atoms with Gasteiger partial charge >= 0.3 is 5.97 Å². The van der Waals surface area contributed by atoms with Crippen LogP contribution < -0.4 is 0 Å². The maximum atomic E-state index is 11.6. The molecular weight excluding hydrogens is 200 g/mol. The van der Waals surface area contributed by atoms with E-state index in [0.717, 1.165) is 25.2 Å². The largest absolute Gasteiger partial charge is 0.458 e. The third-order valence-electron chi connectivity index (χ3n) is 3.61. The van der Waals surface area contributed by atoms with Gasteiger partial charge in [-0.05, 0) is 44.4 Å². The van der Waals surface area contributed by atoms with Crippen molar-refractivity contribution in [2.24, 2.45) is 5.92 Å². The SMILES string of the molecule is CCC(Cl)C(=O)OC12CCC(CC1)C2. The van der Waals surface area contributed by atoms with Crippen LogP contribution >= 0.6 is 11.6 Å². The smallest absolute Gasteiger partial charge is 0.324 e.